The first-order valence-corrected chi connectivity index (χ1v) is 17.3. The number of halogens is 2. The van der Waals surface area contributed by atoms with Crippen molar-refractivity contribution in [2.75, 3.05) is 32.4 Å². The molecule has 10 heteroatoms. The summed E-state index contributed by atoms with van der Waals surface area (Å²) in [5.74, 6) is 0.463. The predicted molar refractivity (Wildman–Crippen MR) is 168 cm³/mol. The molecule has 7 nitrogen and oxygen atoms in total. The number of sulfone groups is 1. The molecule has 2 aromatic carbocycles. The van der Waals surface area contributed by atoms with E-state index in [4.69, 9.17) is 11.6 Å². The average Bonchev–Trinajstić information content (AvgIpc) is 3.26. The first-order valence-electron chi connectivity index (χ1n) is 15.0. The van der Waals surface area contributed by atoms with Crippen LogP contribution in [0.2, 0.25) is 5.02 Å². The molecule has 1 N–H and O–H groups in total. The fourth-order valence-corrected chi connectivity index (χ4v) is 7.70. The number of nitrogens with zero attached hydrogens (tertiary/aromatic N) is 2. The van der Waals surface area contributed by atoms with Gasteiger partial charge in [-0.3, -0.25) is 9.59 Å². The van der Waals surface area contributed by atoms with E-state index in [1.54, 1.807) is 24.3 Å². The number of piperidine rings is 1. The minimum absolute atomic E-state index is 0. The van der Waals surface area contributed by atoms with Gasteiger partial charge in [-0.15, -0.1) is 12.4 Å². The van der Waals surface area contributed by atoms with Crippen LogP contribution in [0.3, 0.4) is 0 Å². The Kier molecular flexibility index (Phi) is 11.0. The summed E-state index contributed by atoms with van der Waals surface area (Å²) in [5, 5.41) is 4.02. The first-order chi connectivity index (χ1) is 19.6. The number of amides is 2. The van der Waals surface area contributed by atoms with Crippen molar-refractivity contribution in [2.24, 2.45) is 11.3 Å². The monoisotopic (exact) mass is 635 g/mol. The maximum atomic E-state index is 13.5. The zero-order valence-electron chi connectivity index (χ0n) is 24.4. The van der Waals surface area contributed by atoms with Gasteiger partial charge in [0.1, 0.15) is 0 Å². The Bertz CT molecular complexity index is 1340. The van der Waals surface area contributed by atoms with E-state index in [2.05, 4.69) is 10.2 Å². The van der Waals surface area contributed by atoms with E-state index in [9.17, 15) is 18.0 Å². The molecule has 2 aromatic rings. The van der Waals surface area contributed by atoms with E-state index in [1.807, 2.05) is 29.2 Å². The molecule has 2 saturated heterocycles. The van der Waals surface area contributed by atoms with Crippen LogP contribution >= 0.6 is 24.0 Å². The summed E-state index contributed by atoms with van der Waals surface area (Å²) in [6.45, 7) is 3.79. The van der Waals surface area contributed by atoms with Crippen LogP contribution in [0.4, 0.5) is 0 Å². The second kappa shape index (κ2) is 14.1. The molecule has 42 heavy (non-hydrogen) atoms. The molecule has 2 heterocycles. The molecule has 1 saturated carbocycles. The summed E-state index contributed by atoms with van der Waals surface area (Å²) in [7, 11) is -3.24. The summed E-state index contributed by atoms with van der Waals surface area (Å²) in [6.07, 6.45) is 9.89. The second-order valence-electron chi connectivity index (χ2n) is 12.2. The summed E-state index contributed by atoms with van der Waals surface area (Å²) in [4.78, 5) is 31.3. The van der Waals surface area contributed by atoms with Crippen LogP contribution in [0.5, 0.6) is 0 Å². The van der Waals surface area contributed by atoms with Gasteiger partial charge in [0.2, 0.25) is 11.8 Å². The smallest absolute Gasteiger partial charge is 0.229 e. The maximum absolute atomic E-state index is 13.5. The van der Waals surface area contributed by atoms with Crippen molar-refractivity contribution in [2.45, 2.75) is 75.3 Å². The Morgan fingerprint density at radius 1 is 1.00 bits per heavy atom. The van der Waals surface area contributed by atoms with Crippen LogP contribution < -0.4 is 5.32 Å². The molecule has 2 aliphatic heterocycles. The third-order valence-corrected chi connectivity index (χ3v) is 10.9. The van der Waals surface area contributed by atoms with Gasteiger partial charge >= 0.3 is 0 Å². The molecule has 5 rings (SSSR count). The van der Waals surface area contributed by atoms with Gasteiger partial charge in [-0.05, 0) is 80.9 Å². The summed E-state index contributed by atoms with van der Waals surface area (Å²) in [5.41, 5.74) is 1.61. The predicted octanol–water partition coefficient (Wildman–Crippen LogP) is 5.81. The van der Waals surface area contributed by atoms with Gasteiger partial charge in [-0.1, -0.05) is 61.2 Å². The highest BCUT2D eigenvalue weighted by Crippen LogP contribution is 2.42. The number of carbonyl (C=O) groups excluding carboxylic acids is 2. The Hall–Kier alpha value is -2.13. The molecular formula is C32H43Cl2N3O4S. The number of likely N-dealkylation sites (tertiary alicyclic amines) is 2. The van der Waals surface area contributed by atoms with Crippen molar-refractivity contribution in [3.05, 3.63) is 64.7 Å². The third-order valence-electron chi connectivity index (χ3n) is 9.45. The molecule has 2 amide bonds. The number of benzene rings is 2. The molecule has 1 atom stereocenters. The lowest BCUT2D eigenvalue weighted by molar-refractivity contribution is -0.139. The van der Waals surface area contributed by atoms with Crippen molar-refractivity contribution in [1.82, 2.24) is 15.1 Å². The standard InChI is InChI=1S/C32H42ClN3O4S.ClH/c1-41(39,40)26-13-11-24(12-14-26)23-36-22-18-32(31(36)38)16-20-35(21-17-32)19-15-29(27-9-5-6-10-28(27)33)34-30(37)25-7-3-2-4-8-25;/h5-6,9-14,25,29H,2-4,7-8,15-23H2,1H3,(H,34,37);1H. The lowest BCUT2D eigenvalue weighted by atomic mass is 9.77. The Balaban J connectivity index is 0.00000405. The van der Waals surface area contributed by atoms with Crippen molar-refractivity contribution in [3.8, 4) is 0 Å². The Labute approximate surface area is 261 Å². The number of rotatable bonds is 9. The van der Waals surface area contributed by atoms with Crippen LogP contribution in [0, 0.1) is 11.3 Å². The average molecular weight is 637 g/mol. The molecule has 0 radical (unpaired) electrons. The zero-order chi connectivity index (χ0) is 29.0. The van der Waals surface area contributed by atoms with Gasteiger partial charge in [0.05, 0.1) is 16.4 Å². The number of carbonyl (C=O) groups is 2. The van der Waals surface area contributed by atoms with E-state index in [-0.39, 0.29) is 41.6 Å². The van der Waals surface area contributed by atoms with E-state index in [1.165, 1.54) is 12.7 Å². The lowest BCUT2D eigenvalue weighted by Crippen LogP contribution is -2.45. The highest BCUT2D eigenvalue weighted by Gasteiger charge is 2.47. The van der Waals surface area contributed by atoms with E-state index in [0.717, 1.165) is 88.7 Å². The van der Waals surface area contributed by atoms with Gasteiger partial charge in [-0.2, -0.15) is 0 Å². The van der Waals surface area contributed by atoms with Crippen molar-refractivity contribution < 1.29 is 18.0 Å². The largest absolute Gasteiger partial charge is 0.349 e. The van der Waals surface area contributed by atoms with Crippen LogP contribution in [0.25, 0.3) is 0 Å². The van der Waals surface area contributed by atoms with Gasteiger partial charge in [0.15, 0.2) is 9.84 Å². The van der Waals surface area contributed by atoms with Gasteiger partial charge in [0, 0.05) is 36.8 Å². The lowest BCUT2D eigenvalue weighted by Gasteiger charge is -2.38. The van der Waals surface area contributed by atoms with Crippen LogP contribution in [-0.4, -0.2) is 62.5 Å². The fraction of sp³-hybridized carbons (Fsp3) is 0.562. The number of hydrogen-bond acceptors (Lipinski definition) is 5. The van der Waals surface area contributed by atoms with Crippen LogP contribution in [0.15, 0.2) is 53.4 Å². The first kappa shape index (κ1) is 32.8. The van der Waals surface area contributed by atoms with Crippen LogP contribution in [0.1, 0.15) is 75.0 Å². The summed E-state index contributed by atoms with van der Waals surface area (Å²) in [6, 6.07) is 14.5. The molecule has 1 unspecified atom stereocenters. The maximum Gasteiger partial charge on any atom is 0.229 e. The normalized spacial score (nSPS) is 20.3. The molecule has 1 aliphatic carbocycles. The topological polar surface area (TPSA) is 86.8 Å². The van der Waals surface area contributed by atoms with Crippen molar-refractivity contribution >= 4 is 45.7 Å². The highest BCUT2D eigenvalue weighted by atomic mass is 35.5. The third kappa shape index (κ3) is 7.68. The van der Waals surface area contributed by atoms with E-state index >= 15 is 0 Å². The molecule has 230 valence electrons. The van der Waals surface area contributed by atoms with E-state index < -0.39 is 9.84 Å². The minimum Gasteiger partial charge on any atom is -0.349 e. The van der Waals surface area contributed by atoms with Gasteiger partial charge in [0.25, 0.3) is 0 Å². The Morgan fingerprint density at radius 3 is 2.29 bits per heavy atom. The van der Waals surface area contributed by atoms with Crippen LogP contribution in [-0.2, 0) is 26.0 Å². The summed E-state index contributed by atoms with van der Waals surface area (Å²) < 4.78 is 23.5. The number of hydrogen-bond donors (Lipinski definition) is 1. The molecule has 3 aliphatic rings. The van der Waals surface area contributed by atoms with E-state index in [0.29, 0.717) is 16.5 Å². The molecule has 3 fully saturated rings. The minimum atomic E-state index is -3.24. The molecule has 0 aromatic heterocycles. The van der Waals surface area contributed by atoms with Crippen molar-refractivity contribution in [1.29, 1.82) is 0 Å². The highest BCUT2D eigenvalue weighted by molar-refractivity contribution is 7.90. The fourth-order valence-electron chi connectivity index (χ4n) is 6.80. The second-order valence-corrected chi connectivity index (χ2v) is 14.6. The van der Waals surface area contributed by atoms with Gasteiger partial charge in [-0.25, -0.2) is 8.42 Å². The van der Waals surface area contributed by atoms with Crippen molar-refractivity contribution in [3.63, 3.8) is 0 Å². The number of nitrogens with one attached hydrogen (secondary N) is 1. The zero-order valence-corrected chi connectivity index (χ0v) is 26.8. The Morgan fingerprint density at radius 2 is 1.64 bits per heavy atom. The molecule has 0 bridgehead atoms. The quantitative estimate of drug-likeness (QED) is 0.376. The van der Waals surface area contributed by atoms with Gasteiger partial charge < -0.3 is 15.1 Å². The SMILES string of the molecule is CS(=O)(=O)c1ccc(CN2CCC3(CCN(CCC(NC(=O)C4CCCCC4)c4ccccc4Cl)CC3)C2=O)cc1.Cl. The molecular weight excluding hydrogens is 593 g/mol. The summed E-state index contributed by atoms with van der Waals surface area (Å²) >= 11 is 6.57. The molecule has 1 spiro atoms.